The van der Waals surface area contributed by atoms with Crippen LogP contribution in [0.1, 0.15) is 28.3 Å². The van der Waals surface area contributed by atoms with Gasteiger partial charge in [-0.1, -0.05) is 57.6 Å². The SMILES string of the molecule is Cc1cccc(NC(=O)COc2ccc(Br)cc2[C@H]2c3sc(=O)[nH]c3SC3C2[C@H]2C[C@@H]3C3C(=O)N(c4ccccc4)C(=O)C32)c1. The van der Waals surface area contributed by atoms with E-state index in [1.807, 2.05) is 79.7 Å². The van der Waals surface area contributed by atoms with E-state index in [0.717, 1.165) is 31.9 Å². The molecule has 0 radical (unpaired) electrons. The lowest BCUT2D eigenvalue weighted by molar-refractivity contribution is -0.123. The van der Waals surface area contributed by atoms with Gasteiger partial charge in [0.2, 0.25) is 11.8 Å². The van der Waals surface area contributed by atoms with Crippen LogP contribution in [0.2, 0.25) is 0 Å². The van der Waals surface area contributed by atoms with E-state index < -0.39 is 5.92 Å². The molecule has 0 spiro atoms. The van der Waals surface area contributed by atoms with Crippen molar-refractivity contribution >= 4 is 68.1 Å². The molecular formula is C34H28BrN3O5S2. The third-order valence-electron chi connectivity index (χ3n) is 9.71. The summed E-state index contributed by atoms with van der Waals surface area (Å²) < 4.78 is 7.05. The summed E-state index contributed by atoms with van der Waals surface area (Å²) in [5.74, 6) is -1.000. The Kier molecular flexibility index (Phi) is 7.03. The van der Waals surface area contributed by atoms with Crippen LogP contribution in [0.25, 0.3) is 0 Å². The fourth-order valence-corrected chi connectivity index (χ4v) is 11.4. The maximum atomic E-state index is 14.0. The van der Waals surface area contributed by atoms with Crippen LogP contribution in [-0.2, 0) is 14.4 Å². The topological polar surface area (TPSA) is 109 Å². The summed E-state index contributed by atoms with van der Waals surface area (Å²) in [5, 5.41) is 3.76. The first-order valence-electron chi connectivity index (χ1n) is 14.9. The van der Waals surface area contributed by atoms with E-state index >= 15 is 0 Å². The number of aryl methyl sites for hydroxylation is 1. The summed E-state index contributed by atoms with van der Waals surface area (Å²) in [6, 6.07) is 22.5. The molecular weight excluding hydrogens is 674 g/mol. The summed E-state index contributed by atoms with van der Waals surface area (Å²) in [6.45, 7) is 1.77. The van der Waals surface area contributed by atoms with Crippen LogP contribution in [0.3, 0.4) is 0 Å². The van der Waals surface area contributed by atoms with Crippen molar-refractivity contribution in [2.45, 2.75) is 29.5 Å². The lowest BCUT2D eigenvalue weighted by atomic mass is 9.68. The van der Waals surface area contributed by atoms with Crippen molar-refractivity contribution in [3.05, 3.63) is 103 Å². The van der Waals surface area contributed by atoms with Crippen molar-refractivity contribution in [2.24, 2.45) is 29.6 Å². The predicted octanol–water partition coefficient (Wildman–Crippen LogP) is 6.20. The first kappa shape index (κ1) is 28.8. The minimum atomic E-state index is -0.402. The minimum Gasteiger partial charge on any atom is -0.483 e. The van der Waals surface area contributed by atoms with E-state index in [1.54, 1.807) is 11.8 Å². The number of anilines is 2. The van der Waals surface area contributed by atoms with Gasteiger partial charge in [-0.25, -0.2) is 0 Å². The van der Waals surface area contributed by atoms with Crippen molar-refractivity contribution in [2.75, 3.05) is 16.8 Å². The molecule has 4 aromatic rings. The van der Waals surface area contributed by atoms with Gasteiger partial charge in [-0.3, -0.25) is 24.1 Å². The van der Waals surface area contributed by atoms with E-state index in [4.69, 9.17) is 4.74 Å². The first-order chi connectivity index (χ1) is 21.8. The lowest BCUT2D eigenvalue weighted by Crippen LogP contribution is -2.42. The fourth-order valence-electron chi connectivity index (χ4n) is 8.15. The quantitative estimate of drug-likeness (QED) is 0.232. The third kappa shape index (κ3) is 4.70. The Morgan fingerprint density at radius 1 is 1.00 bits per heavy atom. The molecule has 3 amide bonds. The number of aromatic amines is 1. The number of benzene rings is 3. The van der Waals surface area contributed by atoms with Gasteiger partial charge in [0, 0.05) is 31.8 Å². The van der Waals surface area contributed by atoms with E-state index in [2.05, 4.69) is 26.2 Å². The molecule has 4 aliphatic rings. The number of thiazole rings is 1. The minimum absolute atomic E-state index is 0.00504. The van der Waals surface area contributed by atoms with Crippen LogP contribution >= 0.6 is 39.0 Å². The molecule has 3 heterocycles. The van der Waals surface area contributed by atoms with E-state index in [1.165, 1.54) is 16.2 Å². The van der Waals surface area contributed by atoms with E-state index in [9.17, 15) is 19.2 Å². The number of amides is 3. The fraction of sp³-hybridized carbons (Fsp3) is 0.294. The molecule has 2 bridgehead atoms. The average molecular weight is 703 g/mol. The number of nitrogens with zero attached hydrogens (tertiary/aromatic N) is 1. The number of carbonyl (C=O) groups excluding carboxylic acids is 3. The highest BCUT2D eigenvalue weighted by atomic mass is 79.9. The Hall–Kier alpha value is -3.67. The highest BCUT2D eigenvalue weighted by Gasteiger charge is 2.69. The number of thioether (sulfide) groups is 1. The number of H-pyrrole nitrogens is 1. The molecule has 2 N–H and O–H groups in total. The lowest BCUT2D eigenvalue weighted by Gasteiger charge is -2.43. The monoisotopic (exact) mass is 701 g/mol. The van der Waals surface area contributed by atoms with Crippen LogP contribution in [0.5, 0.6) is 5.75 Å². The number of carbonyl (C=O) groups is 3. The Labute approximate surface area is 275 Å². The standard InChI is InChI=1S/C34H28BrN3O5S2/c1-16-6-5-7-18(12-16)36-24(39)15-43-23-11-10-17(35)13-20(23)25-26-21-14-22(29(26)44-31-30(25)45-34(42)37-31)28-27(21)32(40)38(33(28)41)19-8-3-2-4-9-19/h2-13,21-22,25-29H,14-15H2,1H3,(H,36,39)(H,37,42)/t21-,22-,25-,26?,27?,28?,29?/m1/s1. The number of nitrogens with one attached hydrogen (secondary N) is 2. The number of hydrogen-bond acceptors (Lipinski definition) is 7. The van der Waals surface area contributed by atoms with Gasteiger partial charge in [0.25, 0.3) is 5.91 Å². The summed E-state index contributed by atoms with van der Waals surface area (Å²) in [7, 11) is 0. The molecule has 11 heteroatoms. The van der Waals surface area contributed by atoms with Gasteiger partial charge in [0.15, 0.2) is 6.61 Å². The maximum absolute atomic E-state index is 14.0. The van der Waals surface area contributed by atoms with Crippen LogP contribution in [0.4, 0.5) is 11.4 Å². The zero-order valence-electron chi connectivity index (χ0n) is 24.1. The Morgan fingerprint density at radius 2 is 1.78 bits per heavy atom. The van der Waals surface area contributed by atoms with Crippen LogP contribution < -0.4 is 19.8 Å². The molecule has 8 rings (SSSR count). The highest BCUT2D eigenvalue weighted by molar-refractivity contribution is 9.10. The average Bonchev–Trinajstić information content (AvgIpc) is 3.75. The third-order valence-corrected chi connectivity index (χ3v) is 12.8. The molecule has 2 saturated carbocycles. The highest BCUT2D eigenvalue weighted by Crippen LogP contribution is 2.69. The van der Waals surface area contributed by atoms with Crippen molar-refractivity contribution < 1.29 is 19.1 Å². The molecule has 4 unspecified atom stereocenters. The molecule has 1 aromatic heterocycles. The Morgan fingerprint density at radius 3 is 2.56 bits per heavy atom. The Bertz CT molecular complexity index is 1930. The van der Waals surface area contributed by atoms with Gasteiger partial charge in [-0.2, -0.15) is 0 Å². The van der Waals surface area contributed by atoms with Gasteiger partial charge >= 0.3 is 4.87 Å². The van der Waals surface area contributed by atoms with Crippen molar-refractivity contribution in [1.29, 1.82) is 0 Å². The zero-order valence-corrected chi connectivity index (χ0v) is 27.3. The zero-order chi connectivity index (χ0) is 31.0. The first-order valence-corrected chi connectivity index (χ1v) is 17.4. The molecule has 2 aliphatic heterocycles. The second kappa shape index (κ2) is 11.0. The van der Waals surface area contributed by atoms with Gasteiger partial charge in [-0.15, -0.1) is 11.8 Å². The van der Waals surface area contributed by atoms with Crippen molar-refractivity contribution in [1.82, 2.24) is 4.98 Å². The van der Waals surface area contributed by atoms with E-state index in [-0.39, 0.29) is 64.0 Å². The molecule has 7 atom stereocenters. The Balaban J connectivity index is 1.15. The number of imide groups is 1. The maximum Gasteiger partial charge on any atom is 0.305 e. The molecule has 45 heavy (non-hydrogen) atoms. The molecule has 3 fully saturated rings. The van der Waals surface area contributed by atoms with Crippen LogP contribution in [-0.4, -0.2) is 34.6 Å². The second-order valence-corrected chi connectivity index (χ2v) is 15.3. The second-order valence-electron chi connectivity index (χ2n) is 12.2. The number of ether oxygens (including phenoxy) is 1. The number of rotatable bonds is 6. The largest absolute Gasteiger partial charge is 0.483 e. The number of fused-ring (bicyclic) bond motifs is 9. The van der Waals surface area contributed by atoms with Gasteiger partial charge in [-0.05, 0) is 79.1 Å². The molecule has 1 saturated heterocycles. The number of para-hydroxylation sites is 1. The molecule has 2 aliphatic carbocycles. The summed E-state index contributed by atoms with van der Waals surface area (Å²) in [5.41, 5.74) is 3.21. The number of hydrogen-bond donors (Lipinski definition) is 2. The molecule has 3 aromatic carbocycles. The summed E-state index contributed by atoms with van der Waals surface area (Å²) in [4.78, 5) is 58.7. The summed E-state index contributed by atoms with van der Waals surface area (Å²) >= 11 is 6.47. The molecule has 8 nitrogen and oxygen atoms in total. The normalized spacial score (nSPS) is 27.7. The predicted molar refractivity (Wildman–Crippen MR) is 177 cm³/mol. The van der Waals surface area contributed by atoms with Gasteiger partial charge < -0.3 is 15.0 Å². The smallest absolute Gasteiger partial charge is 0.305 e. The number of aromatic nitrogens is 1. The van der Waals surface area contributed by atoms with Crippen LogP contribution in [0, 0.1) is 36.5 Å². The van der Waals surface area contributed by atoms with Crippen LogP contribution in [0.15, 0.2) is 87.1 Å². The van der Waals surface area contributed by atoms with Crippen molar-refractivity contribution in [3.63, 3.8) is 0 Å². The van der Waals surface area contributed by atoms with Crippen molar-refractivity contribution in [3.8, 4) is 5.75 Å². The van der Waals surface area contributed by atoms with Gasteiger partial charge in [0.05, 0.1) is 22.5 Å². The number of halogens is 1. The molecule has 228 valence electrons. The van der Waals surface area contributed by atoms with Gasteiger partial charge in [0.1, 0.15) is 5.75 Å². The van der Waals surface area contributed by atoms with E-state index in [0.29, 0.717) is 17.1 Å². The summed E-state index contributed by atoms with van der Waals surface area (Å²) in [6.07, 6.45) is 0.788.